The summed E-state index contributed by atoms with van der Waals surface area (Å²) in [5.41, 5.74) is 4.39. The summed E-state index contributed by atoms with van der Waals surface area (Å²) in [4.78, 5) is 4.86. The summed E-state index contributed by atoms with van der Waals surface area (Å²) in [7, 11) is 1.67. The molecular weight excluding hydrogens is 282 g/mol. The topological polar surface area (TPSA) is 21.6 Å². The fourth-order valence-corrected chi connectivity index (χ4v) is 2.44. The Kier molecular flexibility index (Phi) is 4.85. The molecule has 0 fully saturated rings. The number of hydrogen-bond donors (Lipinski definition) is 0. The molecule has 0 spiro atoms. The SMILES string of the molecule is COc1ccc(N=C(Cc2ccccc2)c2ccccc2)cc1. The van der Waals surface area contributed by atoms with Crippen molar-refractivity contribution in [3.8, 4) is 5.75 Å². The standard InChI is InChI=1S/C21H19NO/c1-23-20-14-12-19(13-15-20)22-21(18-10-6-3-7-11-18)16-17-8-4-2-5-9-17/h2-15H,16H2,1H3. The third kappa shape index (κ3) is 4.07. The van der Waals surface area contributed by atoms with Crippen LogP contribution in [0.4, 0.5) is 5.69 Å². The van der Waals surface area contributed by atoms with E-state index in [1.807, 2.05) is 48.5 Å². The van der Waals surface area contributed by atoms with Crippen LogP contribution in [0.3, 0.4) is 0 Å². The fraction of sp³-hybridized carbons (Fsp3) is 0.0952. The van der Waals surface area contributed by atoms with Gasteiger partial charge in [-0.25, -0.2) is 0 Å². The van der Waals surface area contributed by atoms with E-state index >= 15 is 0 Å². The van der Waals surface area contributed by atoms with E-state index < -0.39 is 0 Å². The Morgan fingerprint density at radius 1 is 0.783 bits per heavy atom. The number of benzene rings is 3. The zero-order chi connectivity index (χ0) is 15.9. The Morgan fingerprint density at radius 3 is 2.00 bits per heavy atom. The summed E-state index contributed by atoms with van der Waals surface area (Å²) in [6.07, 6.45) is 0.802. The van der Waals surface area contributed by atoms with E-state index in [2.05, 4.69) is 36.4 Å². The Labute approximate surface area is 137 Å². The minimum Gasteiger partial charge on any atom is -0.497 e. The maximum absolute atomic E-state index is 5.21. The minimum atomic E-state index is 0.802. The molecule has 0 amide bonds. The van der Waals surface area contributed by atoms with Crippen LogP contribution in [0, 0.1) is 0 Å². The Hall–Kier alpha value is -2.87. The van der Waals surface area contributed by atoms with Gasteiger partial charge in [0.1, 0.15) is 5.75 Å². The second-order valence-electron chi connectivity index (χ2n) is 5.28. The summed E-state index contributed by atoms with van der Waals surface area (Å²) >= 11 is 0. The Morgan fingerprint density at radius 2 is 1.39 bits per heavy atom. The van der Waals surface area contributed by atoms with Crippen LogP contribution in [-0.2, 0) is 6.42 Å². The van der Waals surface area contributed by atoms with Crippen molar-refractivity contribution in [2.45, 2.75) is 6.42 Å². The van der Waals surface area contributed by atoms with Crippen molar-refractivity contribution in [2.24, 2.45) is 4.99 Å². The summed E-state index contributed by atoms with van der Waals surface area (Å²) in [6.45, 7) is 0. The van der Waals surface area contributed by atoms with Crippen molar-refractivity contribution in [1.82, 2.24) is 0 Å². The van der Waals surface area contributed by atoms with E-state index in [1.165, 1.54) is 5.56 Å². The zero-order valence-electron chi connectivity index (χ0n) is 13.1. The van der Waals surface area contributed by atoms with Gasteiger partial charge in [-0.15, -0.1) is 0 Å². The first-order valence-corrected chi connectivity index (χ1v) is 7.66. The number of methoxy groups -OCH3 is 1. The molecule has 0 aromatic heterocycles. The van der Waals surface area contributed by atoms with Crippen molar-refractivity contribution >= 4 is 11.4 Å². The van der Waals surface area contributed by atoms with Gasteiger partial charge in [0, 0.05) is 6.42 Å². The monoisotopic (exact) mass is 301 g/mol. The van der Waals surface area contributed by atoms with Gasteiger partial charge in [0.05, 0.1) is 18.5 Å². The minimum absolute atomic E-state index is 0.802. The predicted molar refractivity (Wildman–Crippen MR) is 95.8 cm³/mol. The number of ether oxygens (including phenoxy) is 1. The summed E-state index contributed by atoms with van der Waals surface area (Å²) < 4.78 is 5.21. The van der Waals surface area contributed by atoms with Crippen LogP contribution in [0.1, 0.15) is 11.1 Å². The highest BCUT2D eigenvalue weighted by molar-refractivity contribution is 6.03. The molecule has 0 aliphatic carbocycles. The molecule has 0 aliphatic rings. The Balaban J connectivity index is 1.95. The van der Waals surface area contributed by atoms with Crippen molar-refractivity contribution < 1.29 is 4.74 Å². The predicted octanol–water partition coefficient (Wildman–Crippen LogP) is 5.06. The molecule has 2 heteroatoms. The first-order chi connectivity index (χ1) is 11.3. The lowest BCUT2D eigenvalue weighted by molar-refractivity contribution is 0.415. The lowest BCUT2D eigenvalue weighted by atomic mass is 10.0. The van der Waals surface area contributed by atoms with Gasteiger partial charge < -0.3 is 4.74 Å². The molecule has 0 N–H and O–H groups in total. The average Bonchev–Trinajstić information content (AvgIpc) is 2.63. The smallest absolute Gasteiger partial charge is 0.119 e. The molecule has 3 aromatic carbocycles. The zero-order valence-corrected chi connectivity index (χ0v) is 13.1. The second kappa shape index (κ2) is 7.41. The molecule has 114 valence electrons. The summed E-state index contributed by atoms with van der Waals surface area (Å²) in [5.74, 6) is 0.841. The number of hydrogen-bond acceptors (Lipinski definition) is 2. The fourth-order valence-electron chi connectivity index (χ4n) is 2.44. The number of rotatable bonds is 5. The molecule has 0 saturated heterocycles. The highest BCUT2D eigenvalue weighted by Crippen LogP contribution is 2.20. The normalized spacial score (nSPS) is 11.3. The van der Waals surface area contributed by atoms with Gasteiger partial charge in [0.15, 0.2) is 0 Å². The molecule has 0 atom stereocenters. The van der Waals surface area contributed by atoms with E-state index in [1.54, 1.807) is 7.11 Å². The molecule has 0 aliphatic heterocycles. The molecule has 0 heterocycles. The lowest BCUT2D eigenvalue weighted by Gasteiger charge is -2.08. The third-order valence-corrected chi connectivity index (χ3v) is 3.66. The number of nitrogens with zero attached hydrogens (tertiary/aromatic N) is 1. The maximum atomic E-state index is 5.21. The van der Waals surface area contributed by atoms with E-state index in [0.717, 1.165) is 29.1 Å². The molecule has 3 rings (SSSR count). The van der Waals surface area contributed by atoms with E-state index in [-0.39, 0.29) is 0 Å². The van der Waals surface area contributed by atoms with Crippen LogP contribution < -0.4 is 4.74 Å². The summed E-state index contributed by atoms with van der Waals surface area (Å²) in [5, 5.41) is 0. The van der Waals surface area contributed by atoms with Crippen LogP contribution in [-0.4, -0.2) is 12.8 Å². The van der Waals surface area contributed by atoms with Gasteiger partial charge in [0.2, 0.25) is 0 Å². The highest BCUT2D eigenvalue weighted by Gasteiger charge is 2.05. The van der Waals surface area contributed by atoms with Gasteiger partial charge >= 0.3 is 0 Å². The maximum Gasteiger partial charge on any atom is 0.119 e. The molecule has 2 nitrogen and oxygen atoms in total. The van der Waals surface area contributed by atoms with Crippen molar-refractivity contribution in [1.29, 1.82) is 0 Å². The van der Waals surface area contributed by atoms with Gasteiger partial charge in [-0.2, -0.15) is 0 Å². The van der Waals surface area contributed by atoms with Crippen LogP contribution in [0.5, 0.6) is 5.75 Å². The molecular formula is C21H19NO. The first kappa shape index (κ1) is 15.0. The van der Waals surface area contributed by atoms with Gasteiger partial charge in [-0.05, 0) is 35.4 Å². The number of aliphatic imine (C=N–C) groups is 1. The van der Waals surface area contributed by atoms with Crippen LogP contribution >= 0.6 is 0 Å². The lowest BCUT2D eigenvalue weighted by Crippen LogP contribution is -2.05. The third-order valence-electron chi connectivity index (χ3n) is 3.66. The first-order valence-electron chi connectivity index (χ1n) is 7.66. The molecule has 0 saturated carbocycles. The van der Waals surface area contributed by atoms with Crippen LogP contribution in [0.2, 0.25) is 0 Å². The molecule has 3 aromatic rings. The van der Waals surface area contributed by atoms with Crippen molar-refractivity contribution in [3.63, 3.8) is 0 Å². The van der Waals surface area contributed by atoms with Gasteiger partial charge in [-0.3, -0.25) is 4.99 Å². The molecule has 0 bridgehead atoms. The van der Waals surface area contributed by atoms with E-state index in [0.29, 0.717) is 0 Å². The van der Waals surface area contributed by atoms with E-state index in [4.69, 9.17) is 9.73 Å². The van der Waals surface area contributed by atoms with Gasteiger partial charge in [-0.1, -0.05) is 60.7 Å². The molecule has 0 unspecified atom stereocenters. The second-order valence-corrected chi connectivity index (χ2v) is 5.28. The van der Waals surface area contributed by atoms with Crippen LogP contribution in [0.25, 0.3) is 0 Å². The van der Waals surface area contributed by atoms with E-state index in [9.17, 15) is 0 Å². The van der Waals surface area contributed by atoms with Crippen molar-refractivity contribution in [2.75, 3.05) is 7.11 Å². The quantitative estimate of drug-likeness (QED) is 0.604. The van der Waals surface area contributed by atoms with Crippen LogP contribution in [0.15, 0.2) is 89.9 Å². The largest absolute Gasteiger partial charge is 0.497 e. The summed E-state index contributed by atoms with van der Waals surface area (Å²) in [6, 6.07) is 28.6. The highest BCUT2D eigenvalue weighted by atomic mass is 16.5. The molecule has 23 heavy (non-hydrogen) atoms. The molecule has 0 radical (unpaired) electrons. The van der Waals surface area contributed by atoms with Crippen molar-refractivity contribution in [3.05, 3.63) is 96.1 Å². The Bertz CT molecular complexity index is 762. The van der Waals surface area contributed by atoms with Gasteiger partial charge in [0.25, 0.3) is 0 Å². The average molecular weight is 301 g/mol.